The summed E-state index contributed by atoms with van der Waals surface area (Å²) >= 11 is 0. The summed E-state index contributed by atoms with van der Waals surface area (Å²) in [6, 6.07) is 8.58. The van der Waals surface area contributed by atoms with Crippen molar-refractivity contribution in [3.8, 4) is 0 Å². The summed E-state index contributed by atoms with van der Waals surface area (Å²) in [6.45, 7) is 0. The highest BCUT2D eigenvalue weighted by Crippen LogP contribution is 2.23. The van der Waals surface area contributed by atoms with Gasteiger partial charge in [0.25, 0.3) is 0 Å². The second kappa shape index (κ2) is 4.17. The van der Waals surface area contributed by atoms with E-state index in [9.17, 15) is 14.4 Å². The molecule has 0 aliphatic rings. The summed E-state index contributed by atoms with van der Waals surface area (Å²) in [5.74, 6) is 0. The molecule has 92 valence electrons. The second-order valence-electron chi connectivity index (χ2n) is 4.24. The van der Waals surface area contributed by atoms with Gasteiger partial charge in [0.05, 0.1) is 16.5 Å². The van der Waals surface area contributed by atoms with Crippen LogP contribution in [0.4, 0.5) is 0 Å². The van der Waals surface area contributed by atoms with Crippen molar-refractivity contribution in [3.63, 3.8) is 0 Å². The van der Waals surface area contributed by atoms with Gasteiger partial charge in [0.15, 0.2) is 18.0 Å². The first kappa shape index (κ1) is 11.3. The lowest BCUT2D eigenvalue weighted by Gasteiger charge is -2.06. The predicted octanol–water partition coefficient (Wildman–Crippen LogP) is 2.31. The molecule has 19 heavy (non-hydrogen) atoms. The highest BCUT2D eigenvalue weighted by Gasteiger charge is 2.12. The third kappa shape index (κ3) is 1.57. The monoisotopic (exact) mass is 251 g/mol. The molecule has 0 bridgehead atoms. The van der Waals surface area contributed by atoms with E-state index in [0.717, 1.165) is 5.39 Å². The van der Waals surface area contributed by atoms with Gasteiger partial charge in [-0.1, -0.05) is 18.2 Å². The van der Waals surface area contributed by atoms with E-state index in [4.69, 9.17) is 0 Å². The molecule has 1 heterocycles. The zero-order valence-corrected chi connectivity index (χ0v) is 9.84. The number of aromatic nitrogens is 1. The molecule has 0 unspecified atom stereocenters. The number of hydrogen-bond acceptors (Lipinski definition) is 3. The summed E-state index contributed by atoms with van der Waals surface area (Å²) in [5.41, 5.74) is 0.621. The van der Waals surface area contributed by atoms with E-state index in [-0.39, 0.29) is 11.0 Å². The Morgan fingerprint density at radius 1 is 1.00 bits per heavy atom. The number of carbonyl (C=O) groups excluding carboxylic acids is 2. The molecule has 0 radical (unpaired) electrons. The standard InChI is InChI=1S/C15H9NO3/c17-7-10-6-11(8-18)15(19)13-12(10)4-3-9-2-1-5-16-14(9)13/h1-8,16H. The minimum absolute atomic E-state index is 0.000599. The molecule has 2 aromatic carbocycles. The van der Waals surface area contributed by atoms with E-state index in [1.54, 1.807) is 12.3 Å². The Labute approximate surface area is 107 Å². The zero-order chi connectivity index (χ0) is 13.4. The average Bonchev–Trinajstić information content (AvgIpc) is 2.47. The van der Waals surface area contributed by atoms with Gasteiger partial charge in [-0.2, -0.15) is 0 Å². The van der Waals surface area contributed by atoms with Gasteiger partial charge in [0.1, 0.15) is 0 Å². The van der Waals surface area contributed by atoms with Gasteiger partial charge >= 0.3 is 0 Å². The molecule has 0 amide bonds. The highest BCUT2D eigenvalue weighted by molar-refractivity contribution is 6.11. The first-order valence-electron chi connectivity index (χ1n) is 5.73. The van der Waals surface area contributed by atoms with Crippen LogP contribution in [0.15, 0.2) is 41.3 Å². The molecule has 0 aliphatic carbocycles. The average molecular weight is 251 g/mol. The van der Waals surface area contributed by atoms with Gasteiger partial charge in [-0.3, -0.25) is 14.4 Å². The van der Waals surface area contributed by atoms with E-state index < -0.39 is 0 Å². The zero-order valence-electron chi connectivity index (χ0n) is 9.84. The molecule has 1 aromatic heterocycles. The number of pyridine rings is 1. The van der Waals surface area contributed by atoms with E-state index in [1.807, 2.05) is 18.2 Å². The van der Waals surface area contributed by atoms with Crippen molar-refractivity contribution >= 4 is 34.2 Å². The quantitative estimate of drug-likeness (QED) is 0.561. The SMILES string of the molecule is O=Cc1cc(C=O)c2ccc3ccc[nH]c3c2c1=O. The fraction of sp³-hybridized carbons (Fsp3) is 0. The smallest absolute Gasteiger partial charge is 0.199 e. The Morgan fingerprint density at radius 2 is 1.79 bits per heavy atom. The first-order valence-corrected chi connectivity index (χ1v) is 5.73. The fourth-order valence-electron chi connectivity index (χ4n) is 2.31. The van der Waals surface area contributed by atoms with Gasteiger partial charge in [-0.15, -0.1) is 0 Å². The molecule has 0 fully saturated rings. The normalized spacial score (nSPS) is 10.7. The number of hydrogen-bond donors (Lipinski definition) is 1. The lowest BCUT2D eigenvalue weighted by Crippen LogP contribution is -2.10. The van der Waals surface area contributed by atoms with Crippen LogP contribution >= 0.6 is 0 Å². The van der Waals surface area contributed by atoms with Crippen molar-refractivity contribution in [2.24, 2.45) is 0 Å². The summed E-state index contributed by atoms with van der Waals surface area (Å²) in [4.78, 5) is 37.3. The maximum absolute atomic E-state index is 12.3. The Kier molecular flexibility index (Phi) is 2.49. The molecule has 0 saturated carbocycles. The number of carbonyl (C=O) groups is 2. The summed E-state index contributed by atoms with van der Waals surface area (Å²) in [7, 11) is 0. The Bertz CT molecular complexity index is 878. The van der Waals surface area contributed by atoms with Crippen LogP contribution in [-0.4, -0.2) is 17.6 Å². The number of benzene rings is 2. The number of fused-ring (bicyclic) bond motifs is 3. The van der Waals surface area contributed by atoms with E-state index >= 15 is 0 Å². The van der Waals surface area contributed by atoms with E-state index in [0.29, 0.717) is 34.4 Å². The molecule has 4 heteroatoms. The molecule has 4 nitrogen and oxygen atoms in total. The van der Waals surface area contributed by atoms with Crippen LogP contribution in [0.2, 0.25) is 0 Å². The maximum atomic E-state index is 12.3. The van der Waals surface area contributed by atoms with Crippen LogP contribution in [0.3, 0.4) is 0 Å². The number of H-pyrrole nitrogens is 1. The van der Waals surface area contributed by atoms with Crippen LogP contribution in [0.5, 0.6) is 0 Å². The molecule has 0 spiro atoms. The van der Waals surface area contributed by atoms with Gasteiger partial charge in [-0.05, 0) is 22.9 Å². The lowest BCUT2D eigenvalue weighted by atomic mass is 9.99. The van der Waals surface area contributed by atoms with Gasteiger partial charge in [-0.25, -0.2) is 0 Å². The lowest BCUT2D eigenvalue weighted by molar-refractivity contribution is 0.112. The maximum Gasteiger partial charge on any atom is 0.199 e. The number of aldehydes is 2. The molecular formula is C15H9NO3. The number of rotatable bonds is 2. The first-order chi connectivity index (χ1) is 9.26. The number of aromatic amines is 1. The molecule has 0 saturated heterocycles. The van der Waals surface area contributed by atoms with Crippen LogP contribution in [0.25, 0.3) is 21.7 Å². The Balaban J connectivity index is 2.68. The molecule has 1 N–H and O–H groups in total. The predicted molar refractivity (Wildman–Crippen MR) is 72.8 cm³/mol. The minimum atomic E-state index is -0.358. The minimum Gasteiger partial charge on any atom is -0.361 e. The molecule has 3 aromatic rings. The second-order valence-corrected chi connectivity index (χ2v) is 4.24. The fourth-order valence-corrected chi connectivity index (χ4v) is 2.31. The Hall–Kier alpha value is -2.75. The highest BCUT2D eigenvalue weighted by atomic mass is 16.1. The molecular weight excluding hydrogens is 242 g/mol. The van der Waals surface area contributed by atoms with Gasteiger partial charge in [0, 0.05) is 11.8 Å². The van der Waals surface area contributed by atoms with Crippen LogP contribution in [-0.2, 0) is 0 Å². The van der Waals surface area contributed by atoms with Crippen molar-refractivity contribution in [2.45, 2.75) is 0 Å². The Morgan fingerprint density at radius 3 is 2.53 bits per heavy atom. The van der Waals surface area contributed by atoms with Gasteiger partial charge in [0.2, 0.25) is 0 Å². The van der Waals surface area contributed by atoms with Crippen molar-refractivity contribution in [2.75, 3.05) is 0 Å². The number of nitrogens with one attached hydrogen (secondary N) is 1. The van der Waals surface area contributed by atoms with Crippen molar-refractivity contribution in [1.29, 1.82) is 0 Å². The molecule has 0 aliphatic heterocycles. The van der Waals surface area contributed by atoms with E-state index in [2.05, 4.69) is 4.98 Å². The van der Waals surface area contributed by atoms with E-state index in [1.165, 1.54) is 6.07 Å². The molecule has 0 atom stereocenters. The van der Waals surface area contributed by atoms with Crippen molar-refractivity contribution < 1.29 is 9.59 Å². The summed E-state index contributed by atoms with van der Waals surface area (Å²) in [6.07, 6.45) is 2.84. The van der Waals surface area contributed by atoms with Crippen molar-refractivity contribution in [1.82, 2.24) is 4.98 Å². The van der Waals surface area contributed by atoms with Crippen LogP contribution in [0, 0.1) is 0 Å². The summed E-state index contributed by atoms with van der Waals surface area (Å²) in [5, 5.41) is 1.79. The third-order valence-corrected chi connectivity index (χ3v) is 3.20. The van der Waals surface area contributed by atoms with Crippen LogP contribution < -0.4 is 5.43 Å². The van der Waals surface area contributed by atoms with Crippen LogP contribution in [0.1, 0.15) is 20.7 Å². The van der Waals surface area contributed by atoms with Gasteiger partial charge < -0.3 is 4.98 Å². The molecule has 3 rings (SSSR count). The third-order valence-electron chi connectivity index (χ3n) is 3.20. The summed E-state index contributed by atoms with van der Waals surface area (Å²) < 4.78 is 0. The largest absolute Gasteiger partial charge is 0.361 e. The van der Waals surface area contributed by atoms with Crippen molar-refractivity contribution in [3.05, 3.63) is 57.9 Å². The topological polar surface area (TPSA) is 67.0 Å².